The first kappa shape index (κ1) is 15.3. The molecule has 1 saturated carbocycles. The number of carbonyl (C=O) groups is 2. The van der Waals surface area contributed by atoms with Gasteiger partial charge in [-0.3, -0.25) is 4.79 Å². The molecule has 1 aliphatic carbocycles. The van der Waals surface area contributed by atoms with Crippen LogP contribution in [0.2, 0.25) is 0 Å². The highest BCUT2D eigenvalue weighted by Crippen LogP contribution is 2.30. The summed E-state index contributed by atoms with van der Waals surface area (Å²) in [6.45, 7) is 0.498. The first-order chi connectivity index (χ1) is 10.1. The summed E-state index contributed by atoms with van der Waals surface area (Å²) in [5.74, 6) is -1.01. The Morgan fingerprint density at radius 2 is 2.19 bits per heavy atom. The summed E-state index contributed by atoms with van der Waals surface area (Å²) in [5.41, 5.74) is 0.364. The molecule has 21 heavy (non-hydrogen) atoms. The number of rotatable bonds is 5. The normalized spacial score (nSPS) is 21.6. The van der Waals surface area contributed by atoms with Gasteiger partial charge in [-0.2, -0.15) is 0 Å². The van der Waals surface area contributed by atoms with Crippen molar-refractivity contribution >= 4 is 17.8 Å². The van der Waals surface area contributed by atoms with Gasteiger partial charge in [0.25, 0.3) is 0 Å². The summed E-state index contributed by atoms with van der Waals surface area (Å²) < 4.78 is 4.72. The lowest BCUT2D eigenvalue weighted by Gasteiger charge is -2.28. The van der Waals surface area contributed by atoms with Crippen LogP contribution < -0.4 is 5.32 Å². The highest BCUT2D eigenvalue weighted by atomic mass is 16.5. The summed E-state index contributed by atoms with van der Waals surface area (Å²) in [6.07, 6.45) is 5.19. The molecule has 0 radical (unpaired) electrons. The minimum Gasteiger partial charge on any atom is -0.481 e. The highest BCUT2D eigenvalue weighted by molar-refractivity contribution is 5.94. The van der Waals surface area contributed by atoms with Gasteiger partial charge in [0, 0.05) is 12.7 Å². The van der Waals surface area contributed by atoms with Crippen molar-refractivity contribution in [1.29, 1.82) is 0 Å². The van der Waals surface area contributed by atoms with Gasteiger partial charge in [-0.15, -0.1) is 0 Å². The molecule has 6 nitrogen and oxygen atoms in total. The van der Waals surface area contributed by atoms with Crippen LogP contribution in [0.4, 0.5) is 5.82 Å². The Morgan fingerprint density at radius 3 is 2.90 bits per heavy atom. The average Bonchev–Trinajstić information content (AvgIpc) is 2.52. The minimum atomic E-state index is -0.740. The molecule has 2 N–H and O–H groups in total. The SMILES string of the molecule is COC(=O)c1cccnc1NCC1CCCCC1C(=O)O. The molecular formula is C15H20N2O4. The van der Waals surface area contributed by atoms with Crippen LogP contribution in [0.15, 0.2) is 18.3 Å². The van der Waals surface area contributed by atoms with Crippen LogP contribution >= 0.6 is 0 Å². The summed E-state index contributed by atoms with van der Waals surface area (Å²) in [7, 11) is 1.32. The van der Waals surface area contributed by atoms with Gasteiger partial charge in [0.15, 0.2) is 0 Å². The molecule has 6 heteroatoms. The number of hydrogen-bond acceptors (Lipinski definition) is 5. The van der Waals surface area contributed by atoms with Crippen molar-refractivity contribution in [2.75, 3.05) is 19.0 Å². The fourth-order valence-electron chi connectivity index (χ4n) is 2.83. The Morgan fingerprint density at radius 1 is 1.43 bits per heavy atom. The zero-order valence-corrected chi connectivity index (χ0v) is 12.0. The molecule has 2 unspecified atom stereocenters. The summed E-state index contributed by atoms with van der Waals surface area (Å²) in [6, 6.07) is 3.30. The van der Waals surface area contributed by atoms with Crippen molar-refractivity contribution in [3.05, 3.63) is 23.9 Å². The van der Waals surface area contributed by atoms with Gasteiger partial charge in [-0.05, 0) is 30.9 Å². The summed E-state index contributed by atoms with van der Waals surface area (Å²) in [5, 5.41) is 12.4. The Kier molecular flexibility index (Phi) is 5.14. The van der Waals surface area contributed by atoms with E-state index in [1.54, 1.807) is 18.3 Å². The van der Waals surface area contributed by atoms with Crippen LogP contribution in [0.3, 0.4) is 0 Å². The van der Waals surface area contributed by atoms with E-state index in [9.17, 15) is 14.7 Å². The van der Waals surface area contributed by atoms with Crippen LogP contribution in [0.25, 0.3) is 0 Å². The van der Waals surface area contributed by atoms with Crippen molar-refractivity contribution in [3.8, 4) is 0 Å². The molecule has 1 fully saturated rings. The first-order valence-corrected chi connectivity index (χ1v) is 7.13. The van der Waals surface area contributed by atoms with E-state index in [-0.39, 0.29) is 11.8 Å². The summed E-state index contributed by atoms with van der Waals surface area (Å²) in [4.78, 5) is 27.1. The lowest BCUT2D eigenvalue weighted by Crippen LogP contribution is -2.32. The molecule has 1 aromatic rings. The number of nitrogens with one attached hydrogen (secondary N) is 1. The number of nitrogens with zero attached hydrogens (tertiary/aromatic N) is 1. The maximum absolute atomic E-state index is 11.7. The van der Waals surface area contributed by atoms with E-state index in [4.69, 9.17) is 4.74 Å². The molecule has 1 aromatic heterocycles. The van der Waals surface area contributed by atoms with Gasteiger partial charge in [-0.25, -0.2) is 9.78 Å². The molecule has 0 saturated heterocycles. The first-order valence-electron chi connectivity index (χ1n) is 7.13. The number of esters is 1. The largest absolute Gasteiger partial charge is 0.481 e. The fraction of sp³-hybridized carbons (Fsp3) is 0.533. The molecule has 0 aromatic carbocycles. The zero-order chi connectivity index (χ0) is 15.2. The van der Waals surface area contributed by atoms with E-state index in [0.29, 0.717) is 24.3 Å². The number of hydrogen-bond donors (Lipinski definition) is 2. The molecule has 0 spiro atoms. The third-order valence-corrected chi connectivity index (χ3v) is 3.97. The molecular weight excluding hydrogens is 272 g/mol. The quantitative estimate of drug-likeness (QED) is 0.809. The van der Waals surface area contributed by atoms with E-state index in [2.05, 4.69) is 10.3 Å². The number of anilines is 1. The van der Waals surface area contributed by atoms with Crippen LogP contribution in [-0.4, -0.2) is 35.7 Å². The van der Waals surface area contributed by atoms with Crippen LogP contribution in [0.5, 0.6) is 0 Å². The third kappa shape index (κ3) is 3.71. The standard InChI is InChI=1S/C15H20N2O4/c1-21-15(20)12-7-4-8-16-13(12)17-9-10-5-2-3-6-11(10)14(18)19/h4,7-8,10-11H,2-3,5-6,9H2,1H3,(H,16,17)(H,18,19). The lowest BCUT2D eigenvalue weighted by molar-refractivity contribution is -0.144. The number of methoxy groups -OCH3 is 1. The minimum absolute atomic E-state index is 0.0590. The molecule has 0 amide bonds. The van der Waals surface area contributed by atoms with Gasteiger partial charge >= 0.3 is 11.9 Å². The van der Waals surface area contributed by atoms with Crippen molar-refractivity contribution in [1.82, 2.24) is 4.98 Å². The van der Waals surface area contributed by atoms with Gasteiger partial charge in [0.05, 0.1) is 13.0 Å². The molecule has 1 aliphatic rings. The third-order valence-electron chi connectivity index (χ3n) is 3.97. The zero-order valence-electron chi connectivity index (χ0n) is 12.0. The van der Waals surface area contributed by atoms with Crippen LogP contribution in [0, 0.1) is 11.8 Å². The number of aliphatic carboxylic acids is 1. The van der Waals surface area contributed by atoms with Gasteiger partial charge < -0.3 is 15.2 Å². The second-order valence-corrected chi connectivity index (χ2v) is 5.26. The highest BCUT2D eigenvalue weighted by Gasteiger charge is 2.30. The molecule has 0 aliphatic heterocycles. The monoisotopic (exact) mass is 292 g/mol. The Bertz CT molecular complexity index is 518. The second kappa shape index (κ2) is 7.06. The fourth-order valence-corrected chi connectivity index (χ4v) is 2.83. The van der Waals surface area contributed by atoms with Crippen molar-refractivity contribution < 1.29 is 19.4 Å². The van der Waals surface area contributed by atoms with E-state index >= 15 is 0 Å². The molecule has 114 valence electrons. The maximum atomic E-state index is 11.7. The summed E-state index contributed by atoms with van der Waals surface area (Å²) >= 11 is 0. The molecule has 0 bridgehead atoms. The van der Waals surface area contributed by atoms with E-state index in [0.717, 1.165) is 19.3 Å². The van der Waals surface area contributed by atoms with Crippen LogP contribution in [-0.2, 0) is 9.53 Å². The van der Waals surface area contributed by atoms with Gasteiger partial charge in [0.2, 0.25) is 0 Å². The van der Waals surface area contributed by atoms with E-state index < -0.39 is 11.9 Å². The smallest absolute Gasteiger partial charge is 0.341 e. The van der Waals surface area contributed by atoms with Crippen molar-refractivity contribution in [2.45, 2.75) is 25.7 Å². The number of carboxylic acids is 1. The number of pyridine rings is 1. The Balaban J connectivity index is 2.05. The van der Waals surface area contributed by atoms with Gasteiger partial charge in [-0.1, -0.05) is 12.8 Å². The number of carboxylic acid groups (broad SMARTS) is 1. The second-order valence-electron chi connectivity index (χ2n) is 5.26. The number of aromatic nitrogens is 1. The predicted octanol–water partition coefficient (Wildman–Crippen LogP) is 2.17. The molecule has 1 heterocycles. The topological polar surface area (TPSA) is 88.5 Å². The molecule has 2 atom stereocenters. The van der Waals surface area contributed by atoms with Crippen molar-refractivity contribution in [2.24, 2.45) is 11.8 Å². The van der Waals surface area contributed by atoms with Crippen LogP contribution in [0.1, 0.15) is 36.0 Å². The predicted molar refractivity (Wildman–Crippen MR) is 77.2 cm³/mol. The maximum Gasteiger partial charge on any atom is 0.341 e. The lowest BCUT2D eigenvalue weighted by atomic mass is 9.79. The van der Waals surface area contributed by atoms with E-state index in [1.807, 2.05) is 0 Å². The average molecular weight is 292 g/mol. The van der Waals surface area contributed by atoms with Gasteiger partial charge in [0.1, 0.15) is 11.4 Å². The Labute approximate surface area is 123 Å². The number of carbonyl (C=O) groups excluding carboxylic acids is 1. The Hall–Kier alpha value is -2.11. The number of ether oxygens (including phenoxy) is 1. The van der Waals surface area contributed by atoms with E-state index in [1.165, 1.54) is 7.11 Å². The molecule has 2 rings (SSSR count). The van der Waals surface area contributed by atoms with Crippen molar-refractivity contribution in [3.63, 3.8) is 0 Å².